The van der Waals surface area contributed by atoms with Crippen molar-refractivity contribution in [2.24, 2.45) is 0 Å². The molecule has 0 saturated heterocycles. The molecule has 0 aliphatic heterocycles. The highest BCUT2D eigenvalue weighted by Crippen LogP contribution is 2.29. The van der Waals surface area contributed by atoms with Gasteiger partial charge >= 0.3 is 0 Å². The minimum absolute atomic E-state index is 0.0713. The Morgan fingerprint density at radius 3 is 2.64 bits per heavy atom. The van der Waals surface area contributed by atoms with Gasteiger partial charge in [0, 0.05) is 17.8 Å². The van der Waals surface area contributed by atoms with Gasteiger partial charge in [0.05, 0.1) is 22.7 Å². The van der Waals surface area contributed by atoms with Crippen LogP contribution in [0.3, 0.4) is 0 Å². The summed E-state index contributed by atoms with van der Waals surface area (Å²) in [6, 6.07) is 7.14. The minimum Gasteiger partial charge on any atom is -0.495 e. The van der Waals surface area contributed by atoms with Crippen molar-refractivity contribution >= 4 is 34.6 Å². The first-order chi connectivity index (χ1) is 11.8. The van der Waals surface area contributed by atoms with E-state index < -0.39 is 22.7 Å². The molecule has 0 aromatic heterocycles. The van der Waals surface area contributed by atoms with E-state index in [4.69, 9.17) is 16.3 Å². The lowest BCUT2D eigenvalue weighted by Crippen LogP contribution is -2.32. The molecule has 0 saturated carbocycles. The van der Waals surface area contributed by atoms with Gasteiger partial charge in [0.15, 0.2) is 0 Å². The van der Waals surface area contributed by atoms with Crippen LogP contribution in [0.2, 0.25) is 5.02 Å². The third kappa shape index (κ3) is 4.57. The number of halogens is 2. The average molecular weight is 368 g/mol. The first-order valence-electron chi connectivity index (χ1n) is 7.16. The molecule has 132 valence electrons. The number of nitrogens with one attached hydrogen (secondary N) is 2. The third-order valence-electron chi connectivity index (χ3n) is 3.35. The number of carbonyl (C=O) groups is 1. The van der Waals surface area contributed by atoms with Gasteiger partial charge < -0.3 is 15.4 Å². The van der Waals surface area contributed by atoms with Crippen LogP contribution < -0.4 is 15.4 Å². The Morgan fingerprint density at radius 2 is 2.04 bits per heavy atom. The largest absolute Gasteiger partial charge is 0.495 e. The predicted octanol–water partition coefficient (Wildman–Crippen LogP) is 3.84. The lowest BCUT2D eigenvalue weighted by atomic mass is 10.2. The third-order valence-corrected chi connectivity index (χ3v) is 3.64. The zero-order chi connectivity index (χ0) is 18.6. The Kier molecular flexibility index (Phi) is 5.76. The van der Waals surface area contributed by atoms with E-state index >= 15 is 0 Å². The number of ether oxygens (including phenoxy) is 1. The van der Waals surface area contributed by atoms with Crippen molar-refractivity contribution in [1.29, 1.82) is 0 Å². The maximum absolute atomic E-state index is 13.2. The molecule has 1 atom stereocenters. The van der Waals surface area contributed by atoms with Crippen LogP contribution in [0, 0.1) is 15.9 Å². The van der Waals surface area contributed by atoms with Crippen LogP contribution in [0.5, 0.6) is 5.75 Å². The highest BCUT2D eigenvalue weighted by molar-refractivity contribution is 6.31. The quantitative estimate of drug-likeness (QED) is 0.597. The lowest BCUT2D eigenvalue weighted by molar-refractivity contribution is -0.384. The molecule has 25 heavy (non-hydrogen) atoms. The number of nitro benzene ring substituents is 1. The number of benzene rings is 2. The molecule has 2 aromatic rings. The van der Waals surface area contributed by atoms with E-state index in [0.717, 1.165) is 0 Å². The molecule has 9 heteroatoms. The van der Waals surface area contributed by atoms with Gasteiger partial charge in [-0.15, -0.1) is 0 Å². The summed E-state index contributed by atoms with van der Waals surface area (Å²) in [5.74, 6) is -0.735. The summed E-state index contributed by atoms with van der Waals surface area (Å²) < 4.78 is 18.3. The van der Waals surface area contributed by atoms with Crippen LogP contribution in [-0.2, 0) is 4.79 Å². The summed E-state index contributed by atoms with van der Waals surface area (Å²) in [6.07, 6.45) is 0. The van der Waals surface area contributed by atoms with Gasteiger partial charge in [-0.25, -0.2) is 4.39 Å². The van der Waals surface area contributed by atoms with Crippen LogP contribution in [0.15, 0.2) is 36.4 Å². The molecule has 0 spiro atoms. The summed E-state index contributed by atoms with van der Waals surface area (Å²) in [7, 11) is 1.39. The van der Waals surface area contributed by atoms with E-state index in [1.807, 2.05) is 0 Å². The van der Waals surface area contributed by atoms with Gasteiger partial charge in [-0.2, -0.15) is 0 Å². The van der Waals surface area contributed by atoms with Crippen LogP contribution in [0.4, 0.5) is 21.5 Å². The molecule has 0 aliphatic rings. The van der Waals surface area contributed by atoms with E-state index in [1.54, 1.807) is 6.92 Å². The molecule has 2 rings (SSSR count). The molecule has 0 bridgehead atoms. The zero-order valence-corrected chi connectivity index (χ0v) is 14.1. The topological polar surface area (TPSA) is 93.5 Å². The highest BCUT2D eigenvalue weighted by Gasteiger charge is 2.18. The number of hydrogen-bond acceptors (Lipinski definition) is 5. The Balaban J connectivity index is 2.13. The summed E-state index contributed by atoms with van der Waals surface area (Å²) in [5.41, 5.74) is 0.453. The second kappa shape index (κ2) is 7.80. The number of anilines is 2. The van der Waals surface area contributed by atoms with Crippen molar-refractivity contribution in [3.63, 3.8) is 0 Å². The Hall–Kier alpha value is -2.87. The van der Waals surface area contributed by atoms with Crippen molar-refractivity contribution < 1.29 is 18.8 Å². The van der Waals surface area contributed by atoms with Crippen molar-refractivity contribution in [2.75, 3.05) is 17.7 Å². The number of nitrogens with zero attached hydrogens (tertiary/aromatic N) is 1. The highest BCUT2D eigenvalue weighted by atomic mass is 35.5. The van der Waals surface area contributed by atoms with Gasteiger partial charge in [0.2, 0.25) is 5.91 Å². The number of rotatable bonds is 6. The molecule has 2 aromatic carbocycles. The number of carbonyl (C=O) groups excluding carboxylic acids is 1. The van der Waals surface area contributed by atoms with E-state index in [9.17, 15) is 19.3 Å². The fourth-order valence-corrected chi connectivity index (χ4v) is 2.23. The van der Waals surface area contributed by atoms with Crippen molar-refractivity contribution in [2.45, 2.75) is 13.0 Å². The second-order valence-electron chi connectivity index (χ2n) is 5.13. The Labute approximate surface area is 147 Å². The van der Waals surface area contributed by atoms with Crippen LogP contribution in [-0.4, -0.2) is 24.0 Å². The molecular weight excluding hydrogens is 353 g/mol. The smallest absolute Gasteiger partial charge is 0.271 e. The Morgan fingerprint density at radius 1 is 1.32 bits per heavy atom. The van der Waals surface area contributed by atoms with E-state index in [0.29, 0.717) is 5.69 Å². The van der Waals surface area contributed by atoms with E-state index in [1.165, 1.54) is 43.5 Å². The minimum atomic E-state index is -0.717. The molecule has 0 heterocycles. The van der Waals surface area contributed by atoms with E-state index in [2.05, 4.69) is 10.6 Å². The Bertz CT molecular complexity index is 816. The molecule has 2 N–H and O–H groups in total. The van der Waals surface area contributed by atoms with E-state index in [-0.39, 0.29) is 22.1 Å². The summed E-state index contributed by atoms with van der Waals surface area (Å²) >= 11 is 5.70. The fourth-order valence-electron chi connectivity index (χ4n) is 2.05. The van der Waals surface area contributed by atoms with Gasteiger partial charge in [-0.3, -0.25) is 14.9 Å². The maximum atomic E-state index is 13.2. The van der Waals surface area contributed by atoms with Gasteiger partial charge in [0.1, 0.15) is 17.6 Å². The monoisotopic (exact) mass is 367 g/mol. The first kappa shape index (κ1) is 18.5. The number of nitro groups is 1. The molecule has 0 fully saturated rings. The van der Waals surface area contributed by atoms with Gasteiger partial charge in [-0.05, 0) is 31.2 Å². The number of methoxy groups -OCH3 is 1. The molecule has 1 amide bonds. The number of hydrogen-bond donors (Lipinski definition) is 2. The van der Waals surface area contributed by atoms with Crippen LogP contribution >= 0.6 is 11.6 Å². The van der Waals surface area contributed by atoms with Gasteiger partial charge in [-0.1, -0.05) is 11.6 Å². The summed E-state index contributed by atoms with van der Waals surface area (Å²) in [4.78, 5) is 22.6. The number of non-ortho nitro benzene ring substituents is 1. The standard InChI is InChI=1S/C16H15ClFN3O4/c1-9(19-10-3-5-13(18)12(17)7-10)16(22)20-14-8-11(21(23)24)4-6-15(14)25-2/h3-9,19H,1-2H3,(H,20,22)/t9-/m1/s1. The maximum Gasteiger partial charge on any atom is 0.271 e. The molecule has 0 radical (unpaired) electrons. The van der Waals surface area contributed by atoms with Crippen molar-refractivity contribution in [3.8, 4) is 5.75 Å². The van der Waals surface area contributed by atoms with Crippen LogP contribution in [0.1, 0.15) is 6.92 Å². The molecule has 7 nitrogen and oxygen atoms in total. The van der Waals surface area contributed by atoms with Crippen molar-refractivity contribution in [1.82, 2.24) is 0 Å². The van der Waals surface area contributed by atoms with Crippen LogP contribution in [0.25, 0.3) is 0 Å². The normalized spacial score (nSPS) is 11.5. The molecule has 0 unspecified atom stereocenters. The average Bonchev–Trinajstić information content (AvgIpc) is 2.57. The molecule has 0 aliphatic carbocycles. The predicted molar refractivity (Wildman–Crippen MR) is 92.8 cm³/mol. The number of amides is 1. The summed E-state index contributed by atoms with van der Waals surface area (Å²) in [5, 5.41) is 16.2. The lowest BCUT2D eigenvalue weighted by Gasteiger charge is -2.16. The summed E-state index contributed by atoms with van der Waals surface area (Å²) in [6.45, 7) is 1.58. The SMILES string of the molecule is COc1ccc([N+](=O)[O-])cc1NC(=O)[C@@H](C)Nc1ccc(F)c(Cl)c1. The second-order valence-corrected chi connectivity index (χ2v) is 5.53. The molecular formula is C16H15ClFN3O4. The first-order valence-corrected chi connectivity index (χ1v) is 7.54. The van der Waals surface area contributed by atoms with Crippen molar-refractivity contribution in [3.05, 3.63) is 57.4 Å². The zero-order valence-electron chi connectivity index (χ0n) is 13.4. The fraction of sp³-hybridized carbons (Fsp3) is 0.188. The van der Waals surface area contributed by atoms with Gasteiger partial charge in [0.25, 0.3) is 5.69 Å².